The van der Waals surface area contributed by atoms with Crippen molar-refractivity contribution in [3.05, 3.63) is 44.9 Å². The molecule has 0 N–H and O–H groups in total. The number of methoxy groups -OCH3 is 1. The number of carbonyl (C=O) groups is 1. The molecule has 0 radical (unpaired) electrons. The number of piperazine rings is 1. The number of rotatable bonds is 7. The number of amides is 1. The highest BCUT2D eigenvalue weighted by Gasteiger charge is 2.20. The Morgan fingerprint density at radius 2 is 2.03 bits per heavy atom. The third-order valence-electron chi connectivity index (χ3n) is 4.76. The van der Waals surface area contributed by atoms with Crippen molar-refractivity contribution in [3.63, 3.8) is 0 Å². The number of thiazole rings is 1. The molecule has 0 atom stereocenters. The normalized spacial score (nSPS) is 15.2. The van der Waals surface area contributed by atoms with Gasteiger partial charge in [0.1, 0.15) is 0 Å². The van der Waals surface area contributed by atoms with Gasteiger partial charge in [0.2, 0.25) is 5.91 Å². The first-order valence-corrected chi connectivity index (χ1v) is 11.3. The van der Waals surface area contributed by atoms with Crippen LogP contribution < -0.4 is 9.47 Å². The fourth-order valence-electron chi connectivity index (χ4n) is 3.30. The maximum atomic E-state index is 12.6. The van der Waals surface area contributed by atoms with Gasteiger partial charge in [-0.2, -0.15) is 0 Å². The van der Waals surface area contributed by atoms with Crippen LogP contribution in [0, 0.1) is 6.92 Å². The highest BCUT2D eigenvalue weighted by molar-refractivity contribution is 7.09. The molecule has 0 aliphatic carbocycles. The minimum Gasteiger partial charge on any atom is -0.493 e. The number of hydrogen-bond acceptors (Lipinski definition) is 6. The van der Waals surface area contributed by atoms with E-state index in [0.717, 1.165) is 35.9 Å². The van der Waals surface area contributed by atoms with E-state index in [-0.39, 0.29) is 12.0 Å². The summed E-state index contributed by atoms with van der Waals surface area (Å²) >= 11 is 8.03. The molecule has 0 saturated carbocycles. The highest BCUT2D eigenvalue weighted by atomic mass is 35.5. The molecular formula is C22H28ClN3O3S. The van der Waals surface area contributed by atoms with Gasteiger partial charge in [-0.25, -0.2) is 4.98 Å². The standard InChI is InChI=1S/C22H28ClN3O3S/c1-15(2)29-22-19(23)11-17(12-20(22)28-4)5-6-21(27)26-9-7-25(8-10-26)13-18-14-30-16(3)24-18/h5-6,11-12,14-15H,7-10,13H2,1-4H3/b6-5+. The topological polar surface area (TPSA) is 54.9 Å². The Bertz CT molecular complexity index is 905. The SMILES string of the molecule is COc1cc(/C=C/C(=O)N2CCN(Cc3csc(C)n3)CC2)cc(Cl)c1OC(C)C. The Balaban J connectivity index is 1.57. The van der Waals surface area contributed by atoms with Crippen LogP contribution in [-0.4, -0.2) is 60.1 Å². The highest BCUT2D eigenvalue weighted by Crippen LogP contribution is 2.37. The molecule has 1 saturated heterocycles. The lowest BCUT2D eigenvalue weighted by Gasteiger charge is -2.33. The summed E-state index contributed by atoms with van der Waals surface area (Å²) in [5, 5.41) is 3.65. The van der Waals surface area contributed by atoms with E-state index in [0.29, 0.717) is 29.6 Å². The van der Waals surface area contributed by atoms with E-state index in [9.17, 15) is 4.79 Å². The van der Waals surface area contributed by atoms with Crippen molar-refractivity contribution in [2.24, 2.45) is 0 Å². The monoisotopic (exact) mass is 449 g/mol. The van der Waals surface area contributed by atoms with Crippen LogP contribution in [0.25, 0.3) is 6.08 Å². The summed E-state index contributed by atoms with van der Waals surface area (Å²) in [6.07, 6.45) is 3.34. The van der Waals surface area contributed by atoms with Gasteiger partial charge in [-0.3, -0.25) is 9.69 Å². The quantitative estimate of drug-likeness (QED) is 0.591. The van der Waals surface area contributed by atoms with Crippen molar-refractivity contribution in [1.82, 2.24) is 14.8 Å². The van der Waals surface area contributed by atoms with Crippen LogP contribution in [0.3, 0.4) is 0 Å². The Kier molecular flexibility index (Phi) is 7.75. The van der Waals surface area contributed by atoms with E-state index >= 15 is 0 Å². The Hall–Kier alpha value is -2.09. The summed E-state index contributed by atoms with van der Waals surface area (Å²) in [7, 11) is 1.57. The molecule has 1 aromatic heterocycles. The molecule has 6 nitrogen and oxygen atoms in total. The van der Waals surface area contributed by atoms with Gasteiger partial charge in [-0.1, -0.05) is 11.6 Å². The molecule has 162 valence electrons. The zero-order valence-electron chi connectivity index (χ0n) is 17.9. The largest absolute Gasteiger partial charge is 0.493 e. The van der Waals surface area contributed by atoms with Gasteiger partial charge < -0.3 is 14.4 Å². The zero-order valence-corrected chi connectivity index (χ0v) is 19.4. The average Bonchev–Trinajstić information content (AvgIpc) is 3.12. The minimum absolute atomic E-state index is 0.00301. The summed E-state index contributed by atoms with van der Waals surface area (Å²) in [6.45, 7) is 9.82. The number of aryl methyl sites for hydroxylation is 1. The number of aromatic nitrogens is 1. The first-order chi connectivity index (χ1) is 14.4. The first-order valence-electron chi connectivity index (χ1n) is 10.00. The van der Waals surface area contributed by atoms with Gasteiger partial charge >= 0.3 is 0 Å². The number of halogens is 1. The van der Waals surface area contributed by atoms with Gasteiger partial charge in [0.15, 0.2) is 11.5 Å². The van der Waals surface area contributed by atoms with Crippen LogP contribution in [0.2, 0.25) is 5.02 Å². The van der Waals surface area contributed by atoms with Crippen LogP contribution in [0.15, 0.2) is 23.6 Å². The number of nitrogens with zero attached hydrogens (tertiary/aromatic N) is 3. The van der Waals surface area contributed by atoms with Crippen LogP contribution in [0.1, 0.15) is 30.1 Å². The molecule has 1 fully saturated rings. The molecule has 0 spiro atoms. The molecule has 1 aliphatic rings. The summed E-state index contributed by atoms with van der Waals surface area (Å²) in [5.41, 5.74) is 1.90. The zero-order chi connectivity index (χ0) is 21.7. The van der Waals surface area contributed by atoms with Crippen molar-refractivity contribution in [2.45, 2.75) is 33.4 Å². The molecule has 0 bridgehead atoms. The van der Waals surface area contributed by atoms with Gasteiger partial charge in [0, 0.05) is 44.2 Å². The van der Waals surface area contributed by atoms with Gasteiger partial charge in [-0.05, 0) is 44.5 Å². The van der Waals surface area contributed by atoms with Gasteiger partial charge in [-0.15, -0.1) is 11.3 Å². The van der Waals surface area contributed by atoms with Crippen LogP contribution in [0.5, 0.6) is 11.5 Å². The average molecular weight is 450 g/mol. The van der Waals surface area contributed by atoms with E-state index in [2.05, 4.69) is 15.3 Å². The molecule has 2 aromatic rings. The number of carbonyl (C=O) groups excluding carboxylic acids is 1. The van der Waals surface area contributed by atoms with Gasteiger partial charge in [0.05, 0.1) is 28.9 Å². The lowest BCUT2D eigenvalue weighted by atomic mass is 10.1. The lowest BCUT2D eigenvalue weighted by molar-refractivity contribution is -0.127. The summed E-state index contributed by atoms with van der Waals surface area (Å²) in [4.78, 5) is 21.3. The van der Waals surface area contributed by atoms with E-state index in [1.54, 1.807) is 36.7 Å². The Morgan fingerprint density at radius 3 is 2.63 bits per heavy atom. The summed E-state index contributed by atoms with van der Waals surface area (Å²) in [5.74, 6) is 1.06. The second kappa shape index (κ2) is 10.3. The van der Waals surface area contributed by atoms with Crippen molar-refractivity contribution in [1.29, 1.82) is 0 Å². The van der Waals surface area contributed by atoms with E-state index in [4.69, 9.17) is 21.1 Å². The number of hydrogen-bond donors (Lipinski definition) is 0. The molecule has 1 amide bonds. The first kappa shape index (κ1) is 22.6. The van der Waals surface area contributed by atoms with Crippen molar-refractivity contribution in [3.8, 4) is 11.5 Å². The molecule has 1 aromatic carbocycles. The van der Waals surface area contributed by atoms with Crippen molar-refractivity contribution in [2.75, 3.05) is 33.3 Å². The summed E-state index contributed by atoms with van der Waals surface area (Å²) in [6, 6.07) is 3.60. The molecule has 30 heavy (non-hydrogen) atoms. The second-order valence-corrected chi connectivity index (χ2v) is 8.96. The number of benzene rings is 1. The van der Waals surface area contributed by atoms with Gasteiger partial charge in [0.25, 0.3) is 0 Å². The Labute approximate surface area is 187 Å². The van der Waals surface area contributed by atoms with Crippen LogP contribution in [0.4, 0.5) is 0 Å². The van der Waals surface area contributed by atoms with Crippen molar-refractivity contribution >= 4 is 34.9 Å². The second-order valence-electron chi connectivity index (χ2n) is 7.49. The fourth-order valence-corrected chi connectivity index (χ4v) is 4.16. The van der Waals surface area contributed by atoms with E-state index < -0.39 is 0 Å². The molecule has 0 unspecified atom stereocenters. The third kappa shape index (κ3) is 5.97. The maximum Gasteiger partial charge on any atom is 0.246 e. The number of ether oxygens (including phenoxy) is 2. The molecule has 2 heterocycles. The summed E-state index contributed by atoms with van der Waals surface area (Å²) < 4.78 is 11.1. The third-order valence-corrected chi connectivity index (χ3v) is 5.86. The maximum absolute atomic E-state index is 12.6. The van der Waals surface area contributed by atoms with Crippen LogP contribution >= 0.6 is 22.9 Å². The fraction of sp³-hybridized carbons (Fsp3) is 0.455. The lowest BCUT2D eigenvalue weighted by Crippen LogP contribution is -2.47. The minimum atomic E-state index is -0.0161. The molecule has 1 aliphatic heterocycles. The van der Waals surface area contributed by atoms with Crippen LogP contribution in [-0.2, 0) is 11.3 Å². The molecular weight excluding hydrogens is 422 g/mol. The smallest absolute Gasteiger partial charge is 0.246 e. The van der Waals surface area contributed by atoms with E-state index in [1.165, 1.54) is 0 Å². The predicted octanol–water partition coefficient (Wildman–Crippen LogP) is 4.26. The van der Waals surface area contributed by atoms with E-state index in [1.807, 2.05) is 31.7 Å². The predicted molar refractivity (Wildman–Crippen MR) is 122 cm³/mol. The molecule has 3 rings (SSSR count). The van der Waals surface area contributed by atoms with Crippen molar-refractivity contribution < 1.29 is 14.3 Å². The molecule has 8 heteroatoms. The Morgan fingerprint density at radius 1 is 1.30 bits per heavy atom.